The fourth-order valence-corrected chi connectivity index (χ4v) is 1.67. The molecule has 6 nitrogen and oxygen atoms in total. The molecule has 0 N–H and O–H groups in total. The van der Waals surface area contributed by atoms with Gasteiger partial charge in [-0.05, 0) is 12.8 Å². The van der Waals surface area contributed by atoms with Gasteiger partial charge in [-0.15, -0.1) is 0 Å². The van der Waals surface area contributed by atoms with E-state index in [0.29, 0.717) is 13.0 Å². The van der Waals surface area contributed by atoms with Crippen molar-refractivity contribution in [1.82, 2.24) is 9.96 Å². The van der Waals surface area contributed by atoms with Crippen molar-refractivity contribution in [3.63, 3.8) is 0 Å². The number of ether oxygens (including phenoxy) is 1. The highest BCUT2D eigenvalue weighted by atomic mass is 16.7. The third-order valence-electron chi connectivity index (χ3n) is 2.91. The van der Waals surface area contributed by atoms with E-state index in [1.807, 2.05) is 0 Å². The summed E-state index contributed by atoms with van der Waals surface area (Å²) >= 11 is 0. The third-order valence-corrected chi connectivity index (χ3v) is 2.91. The Morgan fingerprint density at radius 2 is 2.06 bits per heavy atom. The molecule has 0 spiro atoms. The summed E-state index contributed by atoms with van der Waals surface area (Å²) in [5.41, 5.74) is 0. The Morgan fingerprint density at radius 1 is 1.38 bits per heavy atom. The predicted molar refractivity (Wildman–Crippen MR) is 54.1 cm³/mol. The first kappa shape index (κ1) is 11.2. The summed E-state index contributed by atoms with van der Waals surface area (Å²) < 4.78 is 5.27. The summed E-state index contributed by atoms with van der Waals surface area (Å²) in [5, 5.41) is 1.25. The van der Waals surface area contributed by atoms with Gasteiger partial charge in [0.15, 0.2) is 6.23 Å². The fraction of sp³-hybridized carbons (Fsp3) is 0.800. The highest BCUT2D eigenvalue weighted by molar-refractivity contribution is 5.77. The Hall–Kier alpha value is -1.30. The van der Waals surface area contributed by atoms with Gasteiger partial charge < -0.3 is 4.74 Å². The molecular weight excluding hydrogens is 212 g/mol. The largest absolute Gasteiger partial charge is 0.441 e. The molecule has 2 amide bonds. The number of carbonyl (C=O) groups excluding carboxylic acids is 2. The number of carbonyl (C=O) groups is 2. The molecule has 0 radical (unpaired) electrons. The highest BCUT2D eigenvalue weighted by Gasteiger charge is 2.37. The molecule has 1 atom stereocenters. The summed E-state index contributed by atoms with van der Waals surface area (Å²) in [4.78, 5) is 29.4. The number of hydrogen-bond donors (Lipinski definition) is 0. The number of urea groups is 1. The number of rotatable bonds is 3. The van der Waals surface area contributed by atoms with E-state index in [4.69, 9.17) is 9.57 Å². The monoisotopic (exact) mass is 228 g/mol. The molecule has 6 heteroatoms. The second kappa shape index (κ2) is 4.29. The summed E-state index contributed by atoms with van der Waals surface area (Å²) in [5.74, 6) is -0.125. The molecule has 90 valence electrons. The van der Waals surface area contributed by atoms with Crippen molar-refractivity contribution >= 4 is 12.0 Å². The minimum atomic E-state index is -0.452. The topological polar surface area (TPSA) is 59.1 Å². The highest BCUT2D eigenvalue weighted by Crippen LogP contribution is 2.31. The second-order valence-electron chi connectivity index (χ2n) is 4.13. The molecule has 1 aliphatic carbocycles. The van der Waals surface area contributed by atoms with Gasteiger partial charge in [-0.3, -0.25) is 14.5 Å². The van der Waals surface area contributed by atoms with Crippen LogP contribution in [0.3, 0.4) is 0 Å². The van der Waals surface area contributed by atoms with Gasteiger partial charge in [0.1, 0.15) is 0 Å². The standard InChI is InChI=1S/C10H16N2O4/c1-11-8(16-9(13)7-3-4-7)5-6-12(15-2)10(11)14/h7-8H,3-6H2,1-2H3. The number of amides is 2. The van der Waals surface area contributed by atoms with Crippen molar-refractivity contribution in [2.24, 2.45) is 5.92 Å². The van der Waals surface area contributed by atoms with Gasteiger partial charge in [0.2, 0.25) is 0 Å². The van der Waals surface area contributed by atoms with Crippen LogP contribution in [0.4, 0.5) is 4.79 Å². The van der Waals surface area contributed by atoms with E-state index >= 15 is 0 Å². The van der Waals surface area contributed by atoms with Crippen molar-refractivity contribution in [3.05, 3.63) is 0 Å². The molecule has 1 saturated heterocycles. The summed E-state index contributed by atoms with van der Waals surface area (Å²) in [6, 6.07) is -0.276. The number of nitrogens with zero attached hydrogens (tertiary/aromatic N) is 2. The summed E-state index contributed by atoms with van der Waals surface area (Å²) in [6.07, 6.45) is 1.95. The lowest BCUT2D eigenvalue weighted by molar-refractivity contribution is -0.172. The molecule has 16 heavy (non-hydrogen) atoms. The lowest BCUT2D eigenvalue weighted by Crippen LogP contribution is -2.53. The lowest BCUT2D eigenvalue weighted by Gasteiger charge is -2.36. The first-order valence-corrected chi connectivity index (χ1v) is 5.42. The quantitative estimate of drug-likeness (QED) is 0.663. The molecule has 0 bridgehead atoms. The summed E-state index contributed by atoms with van der Waals surface area (Å²) in [7, 11) is 3.06. The average Bonchev–Trinajstić information content (AvgIpc) is 3.09. The zero-order valence-corrected chi connectivity index (χ0v) is 9.51. The second-order valence-corrected chi connectivity index (χ2v) is 4.13. The first-order chi connectivity index (χ1) is 7.63. The SMILES string of the molecule is CON1CCC(OC(=O)C2CC2)N(C)C1=O. The first-order valence-electron chi connectivity index (χ1n) is 5.42. The van der Waals surface area contributed by atoms with Crippen LogP contribution in [0.2, 0.25) is 0 Å². The molecule has 0 aromatic rings. The Bertz CT molecular complexity index is 303. The van der Waals surface area contributed by atoms with E-state index in [1.165, 1.54) is 17.1 Å². The molecule has 2 rings (SSSR count). The van der Waals surface area contributed by atoms with Crippen molar-refractivity contribution in [2.75, 3.05) is 20.7 Å². The normalized spacial score (nSPS) is 25.9. The maximum Gasteiger partial charge on any atom is 0.346 e. The van der Waals surface area contributed by atoms with Crippen molar-refractivity contribution in [3.8, 4) is 0 Å². The Morgan fingerprint density at radius 3 is 2.62 bits per heavy atom. The third kappa shape index (κ3) is 2.11. The van der Waals surface area contributed by atoms with Crippen LogP contribution in [-0.2, 0) is 14.4 Å². The summed E-state index contributed by atoms with van der Waals surface area (Å²) in [6.45, 7) is 0.447. The van der Waals surface area contributed by atoms with Crippen molar-refractivity contribution in [1.29, 1.82) is 0 Å². The van der Waals surface area contributed by atoms with Gasteiger partial charge in [0, 0.05) is 13.5 Å². The average molecular weight is 228 g/mol. The van der Waals surface area contributed by atoms with E-state index in [-0.39, 0.29) is 17.9 Å². The molecule has 0 aromatic heterocycles. The maximum absolute atomic E-state index is 11.7. The van der Waals surface area contributed by atoms with Crippen molar-refractivity contribution < 1.29 is 19.2 Å². The molecule has 1 heterocycles. The molecule has 2 fully saturated rings. The van der Waals surface area contributed by atoms with Gasteiger partial charge >= 0.3 is 12.0 Å². The van der Waals surface area contributed by atoms with Gasteiger partial charge in [-0.2, -0.15) is 0 Å². The lowest BCUT2D eigenvalue weighted by atomic mass is 10.3. The van der Waals surface area contributed by atoms with E-state index in [0.717, 1.165) is 12.8 Å². The molecular formula is C10H16N2O4. The van der Waals surface area contributed by atoms with E-state index in [9.17, 15) is 9.59 Å². The molecule has 1 unspecified atom stereocenters. The minimum Gasteiger partial charge on any atom is -0.441 e. The smallest absolute Gasteiger partial charge is 0.346 e. The van der Waals surface area contributed by atoms with Gasteiger partial charge in [-0.1, -0.05) is 0 Å². The van der Waals surface area contributed by atoms with Crippen LogP contribution in [0.5, 0.6) is 0 Å². The Labute approximate surface area is 94.0 Å². The van der Waals surface area contributed by atoms with Crippen LogP contribution in [0.25, 0.3) is 0 Å². The fourth-order valence-electron chi connectivity index (χ4n) is 1.67. The number of hydroxylamine groups is 2. The maximum atomic E-state index is 11.7. The van der Waals surface area contributed by atoms with E-state index in [1.54, 1.807) is 7.05 Å². The molecule has 1 saturated carbocycles. The van der Waals surface area contributed by atoms with Gasteiger partial charge in [0.05, 0.1) is 19.6 Å². The van der Waals surface area contributed by atoms with Crippen LogP contribution >= 0.6 is 0 Å². The van der Waals surface area contributed by atoms with Gasteiger partial charge in [-0.25, -0.2) is 9.86 Å². The van der Waals surface area contributed by atoms with E-state index in [2.05, 4.69) is 0 Å². The Balaban J connectivity index is 1.91. The van der Waals surface area contributed by atoms with Crippen LogP contribution in [0, 0.1) is 5.92 Å². The molecule has 2 aliphatic rings. The zero-order valence-electron chi connectivity index (χ0n) is 9.51. The van der Waals surface area contributed by atoms with Crippen LogP contribution in [0.15, 0.2) is 0 Å². The molecule has 1 aliphatic heterocycles. The predicted octanol–water partition coefficient (Wildman–Crippen LogP) is 0.585. The number of esters is 1. The molecule has 0 aromatic carbocycles. The van der Waals surface area contributed by atoms with Crippen LogP contribution < -0.4 is 0 Å². The Kier molecular flexibility index (Phi) is 3.00. The van der Waals surface area contributed by atoms with Crippen molar-refractivity contribution in [2.45, 2.75) is 25.5 Å². The van der Waals surface area contributed by atoms with E-state index < -0.39 is 6.23 Å². The van der Waals surface area contributed by atoms with Crippen LogP contribution in [0.1, 0.15) is 19.3 Å². The zero-order chi connectivity index (χ0) is 11.7. The minimum absolute atomic E-state index is 0.0592. The number of hydrogen-bond acceptors (Lipinski definition) is 4. The van der Waals surface area contributed by atoms with Crippen LogP contribution in [-0.4, -0.2) is 48.9 Å². The van der Waals surface area contributed by atoms with Gasteiger partial charge in [0.25, 0.3) is 0 Å².